The van der Waals surface area contributed by atoms with Crippen molar-refractivity contribution >= 4 is 46.0 Å². The zero-order valence-electron chi connectivity index (χ0n) is 20.6. The summed E-state index contributed by atoms with van der Waals surface area (Å²) in [6, 6.07) is 11.5. The largest absolute Gasteiger partial charge is 0.497 e. The van der Waals surface area contributed by atoms with Gasteiger partial charge in [0.05, 0.1) is 14.2 Å². The maximum Gasteiger partial charge on any atom is 0.268 e. The van der Waals surface area contributed by atoms with Crippen molar-refractivity contribution in [2.45, 2.75) is 24.9 Å². The third-order valence-corrected chi connectivity index (χ3v) is 6.82. The SMILES string of the molecule is COc1ccc2[nH]c3c(c2c1)CC(CN)NC3=O.COc1ccc2[nH]c3c(c2c1)CC(CN)NC3=O.Cl. The molecule has 0 aliphatic carbocycles. The number of carbonyl (C=O) groups is 2. The van der Waals surface area contributed by atoms with Crippen molar-refractivity contribution in [3.8, 4) is 11.5 Å². The molecule has 0 radical (unpaired) electrons. The Bertz CT molecular complexity index is 1350. The van der Waals surface area contributed by atoms with Crippen LogP contribution in [0, 0.1) is 0 Å². The molecule has 2 amide bonds. The minimum atomic E-state index is -0.0816. The number of carbonyl (C=O) groups excluding carboxylic acids is 2. The maximum atomic E-state index is 11.9. The second-order valence-electron chi connectivity index (χ2n) is 9.00. The number of hydrogen-bond acceptors (Lipinski definition) is 6. The number of benzene rings is 2. The number of halogens is 1. The van der Waals surface area contributed by atoms with E-state index in [0.29, 0.717) is 24.5 Å². The normalized spacial score (nSPS) is 18.1. The van der Waals surface area contributed by atoms with E-state index in [-0.39, 0.29) is 36.3 Å². The molecular weight excluding hydrogens is 496 g/mol. The van der Waals surface area contributed by atoms with Gasteiger partial charge >= 0.3 is 0 Å². The van der Waals surface area contributed by atoms with Gasteiger partial charge in [0.15, 0.2) is 0 Å². The van der Waals surface area contributed by atoms with Gasteiger partial charge in [-0.2, -0.15) is 0 Å². The highest BCUT2D eigenvalue weighted by Gasteiger charge is 2.28. The highest BCUT2D eigenvalue weighted by atomic mass is 35.5. The number of aromatic amines is 2. The summed E-state index contributed by atoms with van der Waals surface area (Å²) in [6.07, 6.45) is 1.51. The Kier molecular flexibility index (Phi) is 7.63. The van der Waals surface area contributed by atoms with Crippen LogP contribution in [-0.2, 0) is 12.8 Å². The topological polar surface area (TPSA) is 160 Å². The lowest BCUT2D eigenvalue weighted by Gasteiger charge is -2.22. The fourth-order valence-electron chi connectivity index (χ4n) is 4.91. The fraction of sp³-hybridized carbons (Fsp3) is 0.308. The number of methoxy groups -OCH3 is 2. The summed E-state index contributed by atoms with van der Waals surface area (Å²) < 4.78 is 10.4. The van der Waals surface area contributed by atoms with E-state index >= 15 is 0 Å². The van der Waals surface area contributed by atoms with Crippen LogP contribution in [0.3, 0.4) is 0 Å². The molecule has 2 aromatic carbocycles. The van der Waals surface area contributed by atoms with Gasteiger partial charge in [0.25, 0.3) is 11.8 Å². The summed E-state index contributed by atoms with van der Waals surface area (Å²) in [7, 11) is 3.27. The van der Waals surface area contributed by atoms with E-state index in [1.165, 1.54) is 0 Å². The molecule has 0 spiro atoms. The number of amides is 2. The predicted molar refractivity (Wildman–Crippen MR) is 145 cm³/mol. The Labute approximate surface area is 219 Å². The molecule has 4 heterocycles. The molecule has 0 saturated carbocycles. The first-order valence-electron chi connectivity index (χ1n) is 11.8. The van der Waals surface area contributed by atoms with E-state index in [1.807, 2.05) is 36.4 Å². The molecular formula is C26H31ClN6O4. The van der Waals surface area contributed by atoms with Crippen LogP contribution >= 0.6 is 12.4 Å². The highest BCUT2D eigenvalue weighted by Crippen LogP contribution is 2.30. The zero-order chi connectivity index (χ0) is 25.4. The van der Waals surface area contributed by atoms with Crippen LogP contribution in [0.25, 0.3) is 21.8 Å². The molecule has 6 rings (SSSR count). The molecule has 0 bridgehead atoms. The van der Waals surface area contributed by atoms with Crippen molar-refractivity contribution in [2.75, 3.05) is 27.3 Å². The van der Waals surface area contributed by atoms with Crippen LogP contribution in [0.1, 0.15) is 32.1 Å². The van der Waals surface area contributed by atoms with E-state index < -0.39 is 0 Å². The monoisotopic (exact) mass is 526 g/mol. The van der Waals surface area contributed by atoms with Crippen molar-refractivity contribution in [1.29, 1.82) is 0 Å². The minimum Gasteiger partial charge on any atom is -0.497 e. The van der Waals surface area contributed by atoms with Gasteiger partial charge in [0, 0.05) is 47.0 Å². The fourth-order valence-corrected chi connectivity index (χ4v) is 4.91. The van der Waals surface area contributed by atoms with Crippen molar-refractivity contribution in [2.24, 2.45) is 11.5 Å². The number of aromatic nitrogens is 2. The number of H-pyrrole nitrogens is 2. The Morgan fingerprint density at radius 2 is 1.16 bits per heavy atom. The molecule has 2 aliphatic heterocycles. The third kappa shape index (κ3) is 4.83. The molecule has 0 saturated heterocycles. The summed E-state index contributed by atoms with van der Waals surface area (Å²) in [4.78, 5) is 30.2. The number of ether oxygens (including phenoxy) is 2. The number of nitrogens with two attached hydrogens (primary N) is 2. The van der Waals surface area contributed by atoms with E-state index in [9.17, 15) is 9.59 Å². The number of fused-ring (bicyclic) bond motifs is 6. The van der Waals surface area contributed by atoms with E-state index in [2.05, 4.69) is 20.6 Å². The van der Waals surface area contributed by atoms with Gasteiger partial charge in [-0.25, -0.2) is 0 Å². The summed E-state index contributed by atoms with van der Waals surface area (Å²) in [6.45, 7) is 0.893. The summed E-state index contributed by atoms with van der Waals surface area (Å²) in [5.41, 5.74) is 16.5. The molecule has 2 unspecified atom stereocenters. The third-order valence-electron chi connectivity index (χ3n) is 6.82. The van der Waals surface area contributed by atoms with Gasteiger partial charge in [0.1, 0.15) is 22.9 Å². The molecule has 2 atom stereocenters. The summed E-state index contributed by atoms with van der Waals surface area (Å²) in [5, 5.41) is 7.85. The number of nitrogens with one attached hydrogen (secondary N) is 4. The first kappa shape index (κ1) is 26.3. The van der Waals surface area contributed by atoms with Gasteiger partial charge in [-0.3, -0.25) is 9.59 Å². The second kappa shape index (κ2) is 10.7. The Hall–Kier alpha value is -3.73. The van der Waals surface area contributed by atoms with Crippen LogP contribution in [0.5, 0.6) is 11.5 Å². The first-order chi connectivity index (χ1) is 17.4. The lowest BCUT2D eigenvalue weighted by Crippen LogP contribution is -2.45. The van der Waals surface area contributed by atoms with Gasteiger partial charge in [0.2, 0.25) is 0 Å². The summed E-state index contributed by atoms with van der Waals surface area (Å²) in [5.74, 6) is 1.42. The number of hydrogen-bond donors (Lipinski definition) is 6. The molecule has 2 aromatic heterocycles. The Morgan fingerprint density at radius 3 is 1.51 bits per heavy atom. The van der Waals surface area contributed by atoms with Crippen molar-refractivity contribution in [3.63, 3.8) is 0 Å². The van der Waals surface area contributed by atoms with Crippen LogP contribution < -0.4 is 31.6 Å². The Morgan fingerprint density at radius 1 is 0.757 bits per heavy atom. The highest BCUT2D eigenvalue weighted by molar-refractivity contribution is 6.03. The number of rotatable bonds is 4. The maximum absolute atomic E-state index is 11.9. The molecule has 2 aliphatic rings. The van der Waals surface area contributed by atoms with E-state index in [4.69, 9.17) is 20.9 Å². The Balaban J connectivity index is 0.000000168. The van der Waals surface area contributed by atoms with Gasteiger partial charge in [-0.1, -0.05) is 0 Å². The molecule has 196 valence electrons. The molecule has 8 N–H and O–H groups in total. The van der Waals surface area contributed by atoms with Crippen LogP contribution in [0.4, 0.5) is 0 Å². The minimum absolute atomic E-state index is 0. The lowest BCUT2D eigenvalue weighted by atomic mass is 9.98. The average molecular weight is 527 g/mol. The average Bonchev–Trinajstić information content (AvgIpc) is 3.47. The van der Waals surface area contributed by atoms with E-state index in [1.54, 1.807) is 14.2 Å². The van der Waals surface area contributed by atoms with Gasteiger partial charge in [-0.05, 0) is 60.4 Å². The summed E-state index contributed by atoms with van der Waals surface area (Å²) >= 11 is 0. The standard InChI is InChI=1S/2C13H15N3O2.ClH/c2*1-18-8-2-3-11-9(5-8)10-4-7(6-14)15-13(17)12(10)16-11;/h2*2-3,5,7,16H,4,6,14H2,1H3,(H,15,17);1H. The van der Waals surface area contributed by atoms with Crippen molar-refractivity contribution in [3.05, 3.63) is 58.9 Å². The van der Waals surface area contributed by atoms with Gasteiger partial charge in [-0.15, -0.1) is 12.4 Å². The molecule has 10 nitrogen and oxygen atoms in total. The molecule has 11 heteroatoms. The zero-order valence-corrected chi connectivity index (χ0v) is 21.5. The van der Waals surface area contributed by atoms with Crippen molar-refractivity contribution in [1.82, 2.24) is 20.6 Å². The van der Waals surface area contributed by atoms with E-state index in [0.717, 1.165) is 57.3 Å². The molecule has 0 fully saturated rings. The molecule has 4 aromatic rings. The van der Waals surface area contributed by atoms with Crippen LogP contribution in [0.2, 0.25) is 0 Å². The van der Waals surface area contributed by atoms with Gasteiger partial charge < -0.3 is 41.5 Å². The van der Waals surface area contributed by atoms with Crippen LogP contribution in [-0.4, -0.2) is 61.2 Å². The van der Waals surface area contributed by atoms with Crippen LogP contribution in [0.15, 0.2) is 36.4 Å². The quantitative estimate of drug-likeness (QED) is 0.238. The second-order valence-corrected chi connectivity index (χ2v) is 9.00. The molecule has 37 heavy (non-hydrogen) atoms. The van der Waals surface area contributed by atoms with Crippen molar-refractivity contribution < 1.29 is 19.1 Å². The predicted octanol–water partition coefficient (Wildman–Crippen LogP) is 2.00. The first-order valence-corrected chi connectivity index (χ1v) is 11.8. The smallest absolute Gasteiger partial charge is 0.268 e. The lowest BCUT2D eigenvalue weighted by molar-refractivity contribution is 0.0914.